The summed E-state index contributed by atoms with van der Waals surface area (Å²) in [4.78, 5) is 95.0. The molecule has 0 bridgehead atoms. The minimum atomic E-state index is -2.66. The Kier molecular flexibility index (Phi) is 17.9. The number of rotatable bonds is 26. The Labute approximate surface area is 271 Å². The molecule has 10 N–H and O–H groups in total. The van der Waals surface area contributed by atoms with Gasteiger partial charge in [0.1, 0.15) is 17.9 Å². The summed E-state index contributed by atoms with van der Waals surface area (Å²) < 4.78 is 0. The van der Waals surface area contributed by atoms with Gasteiger partial charge < -0.3 is 46.6 Å². The Morgan fingerprint density at radius 1 is 0.660 bits per heavy atom. The molecule has 268 valence electrons. The lowest BCUT2D eigenvalue weighted by Crippen LogP contribution is -2.58. The van der Waals surface area contributed by atoms with Crippen molar-refractivity contribution in [3.63, 3.8) is 0 Å². The molecular weight excluding hydrogens is 628 g/mol. The molecule has 0 heterocycles. The van der Waals surface area contributed by atoms with Crippen LogP contribution in [-0.4, -0.2) is 127 Å². The number of carboxylic acid groups (broad SMARTS) is 4. The molecule has 0 aliphatic carbocycles. The Morgan fingerprint density at radius 2 is 1.17 bits per heavy atom. The minimum Gasteiger partial charge on any atom is -0.481 e. The van der Waals surface area contributed by atoms with Gasteiger partial charge >= 0.3 is 23.9 Å². The van der Waals surface area contributed by atoms with E-state index in [1.165, 1.54) is 20.9 Å². The van der Waals surface area contributed by atoms with Gasteiger partial charge in [0.2, 0.25) is 5.91 Å². The van der Waals surface area contributed by atoms with Crippen LogP contribution in [0, 0.1) is 0 Å². The summed E-state index contributed by atoms with van der Waals surface area (Å²) in [6.07, 6.45) is -2.42. The lowest BCUT2D eigenvalue weighted by atomic mass is 9.84. The topological polar surface area (TPSA) is 306 Å². The highest BCUT2D eigenvalue weighted by Gasteiger charge is 2.44. The third kappa shape index (κ3) is 15.9. The molecule has 0 aliphatic rings. The summed E-state index contributed by atoms with van der Waals surface area (Å²) >= 11 is 0. The van der Waals surface area contributed by atoms with Crippen molar-refractivity contribution in [2.75, 3.05) is 20.1 Å². The number of hydrogen-bond acceptors (Lipinski definition) is 12. The smallest absolute Gasteiger partial charge is 0.336 e. The molecule has 0 spiro atoms. The van der Waals surface area contributed by atoms with Gasteiger partial charge in [0.05, 0.1) is 18.4 Å². The molecule has 4 atom stereocenters. The van der Waals surface area contributed by atoms with Crippen LogP contribution in [0.5, 0.6) is 0 Å². The summed E-state index contributed by atoms with van der Waals surface area (Å²) in [5, 5.41) is 68.2. The molecule has 0 fully saturated rings. The Morgan fingerprint density at radius 3 is 1.62 bits per heavy atom. The molecule has 4 unspecified atom stereocenters. The van der Waals surface area contributed by atoms with Crippen LogP contribution in [0.2, 0.25) is 0 Å². The van der Waals surface area contributed by atoms with Crippen molar-refractivity contribution in [1.82, 2.24) is 21.3 Å². The average molecular weight is 677 g/mol. The van der Waals surface area contributed by atoms with E-state index in [2.05, 4.69) is 21.3 Å². The zero-order valence-corrected chi connectivity index (χ0v) is 27.1. The quantitative estimate of drug-likeness (QED) is 0.0461. The molecule has 0 aromatic rings. The van der Waals surface area contributed by atoms with E-state index < -0.39 is 102 Å². The van der Waals surface area contributed by atoms with Gasteiger partial charge in [-0.15, -0.1) is 0 Å². The number of unbranched alkanes of at least 4 members (excludes halogenated alkanes) is 2. The highest BCUT2D eigenvalue weighted by molar-refractivity contribution is 5.97. The first-order valence-corrected chi connectivity index (χ1v) is 15.0. The van der Waals surface area contributed by atoms with Crippen LogP contribution in [0.15, 0.2) is 0 Å². The summed E-state index contributed by atoms with van der Waals surface area (Å²) in [6.45, 7) is 3.62. The molecule has 0 aliphatic heterocycles. The molecule has 0 saturated heterocycles. The predicted octanol–water partition coefficient (Wildman–Crippen LogP) is -1.60. The van der Waals surface area contributed by atoms with Crippen LogP contribution < -0.4 is 21.3 Å². The molecule has 0 radical (unpaired) electrons. The van der Waals surface area contributed by atoms with Crippen LogP contribution in [0.4, 0.5) is 0 Å². The van der Waals surface area contributed by atoms with E-state index in [1.807, 2.05) is 0 Å². The van der Waals surface area contributed by atoms with Gasteiger partial charge in [-0.1, -0.05) is 0 Å². The van der Waals surface area contributed by atoms with E-state index >= 15 is 0 Å². The van der Waals surface area contributed by atoms with E-state index in [-0.39, 0.29) is 38.8 Å². The Bertz CT molecular complexity index is 1160. The van der Waals surface area contributed by atoms with Crippen LogP contribution in [0.3, 0.4) is 0 Å². The standard InChI is InChI=1S/C29H48N4O14/c1-17(34)13-29(47,26(44)45)15-21(36)31-11-7-6-10-19(24(41)42)33-27(2,3)20(35)14-28(46,16-22(37)38)25(43)32-12-8-5-9-18(30-4)23(39)40/h18-19,30,33,46-47H,5-16H2,1-4H3,(H,31,36)(H,32,43)(H,37,38)(H,39,40)(H,41,42)(H,44,45). The number of aliphatic hydroxyl groups is 2. The largest absolute Gasteiger partial charge is 0.481 e. The van der Waals surface area contributed by atoms with Crippen molar-refractivity contribution in [3.05, 3.63) is 0 Å². The number of carbonyl (C=O) groups is 8. The molecule has 0 saturated carbocycles. The van der Waals surface area contributed by atoms with Crippen LogP contribution in [0.25, 0.3) is 0 Å². The maximum Gasteiger partial charge on any atom is 0.336 e. The molecule has 0 aromatic heterocycles. The van der Waals surface area contributed by atoms with Crippen molar-refractivity contribution < 1.29 is 69.0 Å². The third-order valence-electron chi connectivity index (χ3n) is 7.34. The van der Waals surface area contributed by atoms with Crippen LogP contribution in [0.1, 0.15) is 85.0 Å². The number of amides is 2. The third-order valence-corrected chi connectivity index (χ3v) is 7.34. The lowest BCUT2D eigenvalue weighted by Gasteiger charge is -2.32. The van der Waals surface area contributed by atoms with Crippen LogP contribution in [-0.2, 0) is 38.4 Å². The van der Waals surface area contributed by atoms with Gasteiger partial charge in [0.25, 0.3) is 5.91 Å². The van der Waals surface area contributed by atoms with E-state index in [1.54, 1.807) is 0 Å². The number of carboxylic acids is 4. The molecule has 47 heavy (non-hydrogen) atoms. The molecule has 2 amide bonds. The number of aliphatic carboxylic acids is 4. The van der Waals surface area contributed by atoms with Gasteiger partial charge in [-0.05, 0) is 66.3 Å². The van der Waals surface area contributed by atoms with E-state index in [0.29, 0.717) is 12.8 Å². The molecule has 0 rings (SSSR count). The van der Waals surface area contributed by atoms with E-state index in [4.69, 9.17) is 10.2 Å². The fourth-order valence-electron chi connectivity index (χ4n) is 4.62. The number of nitrogens with one attached hydrogen (secondary N) is 4. The van der Waals surface area contributed by atoms with Gasteiger partial charge in [-0.25, -0.2) is 4.79 Å². The second-order valence-electron chi connectivity index (χ2n) is 12.0. The van der Waals surface area contributed by atoms with E-state index in [0.717, 1.165) is 6.92 Å². The number of Topliss-reactive ketones (excluding diaryl/α,β-unsaturated/α-hetero) is 2. The number of carbonyl (C=O) groups excluding carboxylic acids is 4. The van der Waals surface area contributed by atoms with Crippen molar-refractivity contribution in [1.29, 1.82) is 0 Å². The first kappa shape index (κ1) is 43.0. The fraction of sp³-hybridized carbons (Fsp3) is 0.724. The Balaban J connectivity index is 5.15. The number of ketones is 2. The summed E-state index contributed by atoms with van der Waals surface area (Å²) in [6, 6.07) is -2.11. The predicted molar refractivity (Wildman–Crippen MR) is 162 cm³/mol. The SMILES string of the molecule is CNC(CCCCNC(=O)C(O)(CC(=O)O)CC(=O)C(C)(C)NC(CCCCNC(=O)CC(O)(CC(C)=O)C(=O)O)C(=O)O)C(=O)O. The number of likely N-dealkylation sites (N-methyl/N-ethyl adjacent to an activating group) is 1. The Hall–Kier alpha value is -4.00. The highest BCUT2D eigenvalue weighted by atomic mass is 16.4. The first-order chi connectivity index (χ1) is 21.6. The molecule has 0 aromatic carbocycles. The maximum atomic E-state index is 13.2. The second kappa shape index (κ2) is 19.6. The summed E-state index contributed by atoms with van der Waals surface area (Å²) in [5.74, 6) is -9.14. The van der Waals surface area contributed by atoms with Crippen molar-refractivity contribution in [2.24, 2.45) is 0 Å². The molecule has 18 nitrogen and oxygen atoms in total. The van der Waals surface area contributed by atoms with Gasteiger partial charge in [0, 0.05) is 25.9 Å². The number of hydrogen-bond donors (Lipinski definition) is 10. The van der Waals surface area contributed by atoms with Gasteiger partial charge in [0.15, 0.2) is 17.0 Å². The first-order valence-electron chi connectivity index (χ1n) is 15.0. The van der Waals surface area contributed by atoms with Gasteiger partial charge in [-0.3, -0.25) is 38.9 Å². The molecule has 18 heteroatoms. The summed E-state index contributed by atoms with van der Waals surface area (Å²) in [7, 11) is 1.48. The highest BCUT2D eigenvalue weighted by Crippen LogP contribution is 2.22. The normalized spacial score (nSPS) is 15.3. The van der Waals surface area contributed by atoms with Crippen molar-refractivity contribution in [3.8, 4) is 0 Å². The van der Waals surface area contributed by atoms with Crippen LogP contribution >= 0.6 is 0 Å². The second-order valence-corrected chi connectivity index (χ2v) is 12.0. The zero-order valence-electron chi connectivity index (χ0n) is 27.1. The average Bonchev–Trinajstić information content (AvgIpc) is 2.92. The minimum absolute atomic E-state index is 0.0176. The van der Waals surface area contributed by atoms with E-state index in [9.17, 15) is 58.8 Å². The molecular formula is C29H48N4O14. The van der Waals surface area contributed by atoms with Gasteiger partial charge in [-0.2, -0.15) is 0 Å². The van der Waals surface area contributed by atoms with Crippen molar-refractivity contribution >= 4 is 47.3 Å². The zero-order chi connectivity index (χ0) is 36.6. The lowest BCUT2D eigenvalue weighted by molar-refractivity contribution is -0.164. The fourth-order valence-corrected chi connectivity index (χ4v) is 4.62. The monoisotopic (exact) mass is 676 g/mol. The maximum absolute atomic E-state index is 13.2. The summed E-state index contributed by atoms with van der Waals surface area (Å²) in [5.41, 5.74) is -6.88. The van der Waals surface area contributed by atoms with Crippen molar-refractivity contribution in [2.45, 2.75) is 114 Å².